The van der Waals surface area contributed by atoms with E-state index in [0.29, 0.717) is 19.0 Å². The van der Waals surface area contributed by atoms with Gasteiger partial charge in [-0.25, -0.2) is 9.18 Å². The number of ether oxygens (including phenoxy) is 1. The summed E-state index contributed by atoms with van der Waals surface area (Å²) in [5, 5.41) is 10.3. The molecular weight excluding hydrogens is 629 g/mol. The summed E-state index contributed by atoms with van der Waals surface area (Å²) in [4.78, 5) is 65.6. The fourth-order valence-electron chi connectivity index (χ4n) is 6.40. The van der Waals surface area contributed by atoms with Gasteiger partial charge in [0.25, 0.3) is 5.91 Å². The van der Waals surface area contributed by atoms with Crippen LogP contribution in [0.4, 0.5) is 18.0 Å². The van der Waals surface area contributed by atoms with Gasteiger partial charge >= 0.3 is 12.0 Å². The van der Waals surface area contributed by atoms with Gasteiger partial charge in [-0.3, -0.25) is 19.2 Å². The number of ketones is 1. The van der Waals surface area contributed by atoms with Gasteiger partial charge in [-0.15, -0.1) is 0 Å². The predicted molar refractivity (Wildman–Crippen MR) is 168 cm³/mol. The summed E-state index contributed by atoms with van der Waals surface area (Å²) in [6.07, 6.45) is 2.81. The van der Waals surface area contributed by atoms with Crippen molar-refractivity contribution in [3.63, 3.8) is 0 Å². The molecule has 0 aromatic heterocycles. The number of nitrogens with one attached hydrogen (secondary N) is 4. The maximum atomic E-state index is 15.9. The Labute approximate surface area is 276 Å². The van der Waals surface area contributed by atoms with Gasteiger partial charge in [0, 0.05) is 24.1 Å². The van der Waals surface area contributed by atoms with E-state index in [0.717, 1.165) is 63.1 Å². The van der Waals surface area contributed by atoms with Crippen molar-refractivity contribution in [2.24, 2.45) is 11.8 Å². The average molecular weight is 671 g/mol. The Balaban J connectivity index is 1.36. The normalized spacial score (nSPS) is 20.1. The number of amides is 4. The molecule has 13 heteroatoms. The molecule has 3 aliphatic rings. The first-order valence-electron chi connectivity index (χ1n) is 16.6. The number of rotatable bonds is 14. The van der Waals surface area contributed by atoms with Crippen molar-refractivity contribution in [3.8, 4) is 0 Å². The molecule has 4 amide bonds. The number of carbonyl (C=O) groups is 5. The number of alkyl halides is 2. The van der Waals surface area contributed by atoms with Crippen molar-refractivity contribution < 1.29 is 41.9 Å². The van der Waals surface area contributed by atoms with Crippen LogP contribution in [0.5, 0.6) is 0 Å². The molecule has 1 heterocycles. The molecule has 5 rings (SSSR count). The zero-order valence-electron chi connectivity index (χ0n) is 26.5. The van der Waals surface area contributed by atoms with Crippen LogP contribution in [0.25, 0.3) is 0 Å². The highest BCUT2D eigenvalue weighted by Gasteiger charge is 2.46. The number of carbonyl (C=O) groups excluding carboxylic acids is 5. The van der Waals surface area contributed by atoms with Crippen LogP contribution < -0.4 is 21.3 Å². The first-order valence-corrected chi connectivity index (χ1v) is 16.6. The van der Waals surface area contributed by atoms with Gasteiger partial charge < -0.3 is 26.0 Å². The van der Waals surface area contributed by atoms with Crippen molar-refractivity contribution in [2.45, 2.75) is 94.4 Å². The molecule has 0 spiro atoms. The predicted octanol–water partition coefficient (Wildman–Crippen LogP) is 4.58. The summed E-state index contributed by atoms with van der Waals surface area (Å²) < 4.78 is 51.1. The number of hydrogen-bond acceptors (Lipinski definition) is 6. The molecular formula is C35H41F3N4O6. The van der Waals surface area contributed by atoms with Crippen molar-refractivity contribution in [2.75, 3.05) is 6.54 Å². The lowest BCUT2D eigenvalue weighted by atomic mass is 9.84. The standard InChI is InChI=1S/C35H41F3N4O6/c36-25-13-7-12-24(20-25)35(37,38)30(22-10-5-2-6-11-22)48-34(47)42-28(18-21-8-3-1-4-9-21)32(45)41-27(19-23-16-17-39-31(23)44)29(43)33(46)40-26-14-15-26/h2,5-7,10-13,20-21,23,26-28,30H,1,3-4,8-9,14-19H2,(H,39,44)(H,40,46)(H,41,45)(H,42,47)/t23-,27-,28-,30+/m0/s1. The molecule has 2 aliphatic carbocycles. The second kappa shape index (κ2) is 15.7. The van der Waals surface area contributed by atoms with E-state index in [9.17, 15) is 28.4 Å². The summed E-state index contributed by atoms with van der Waals surface area (Å²) in [5.41, 5.74) is -0.764. The zero-order chi connectivity index (χ0) is 34.3. The summed E-state index contributed by atoms with van der Waals surface area (Å²) in [6.45, 7) is 0.396. The van der Waals surface area contributed by atoms with Crippen molar-refractivity contribution in [3.05, 3.63) is 71.5 Å². The molecule has 1 saturated heterocycles. The molecule has 2 aromatic rings. The summed E-state index contributed by atoms with van der Waals surface area (Å²) >= 11 is 0. The molecule has 10 nitrogen and oxygen atoms in total. The van der Waals surface area contributed by atoms with Gasteiger partial charge in [0.15, 0.2) is 6.10 Å². The quantitative estimate of drug-likeness (QED) is 0.217. The van der Waals surface area contributed by atoms with Gasteiger partial charge in [0.05, 0.1) is 6.04 Å². The van der Waals surface area contributed by atoms with Crippen LogP contribution in [0.15, 0.2) is 54.6 Å². The largest absolute Gasteiger partial charge is 0.434 e. The smallest absolute Gasteiger partial charge is 0.408 e. The maximum Gasteiger partial charge on any atom is 0.408 e. The molecule has 0 radical (unpaired) electrons. The fourth-order valence-corrected chi connectivity index (χ4v) is 6.40. The SMILES string of the molecule is O=C(N[C@@H](CC1CCCCC1)C(=O)N[C@@H](C[C@@H]1CCNC1=O)C(=O)C(=O)NC1CC1)O[C@H](c1ccccc1)C(F)(F)c1cccc(F)c1. The highest BCUT2D eigenvalue weighted by atomic mass is 19.3. The Hall–Kier alpha value is -4.42. The molecule has 258 valence electrons. The topological polar surface area (TPSA) is 143 Å². The lowest BCUT2D eigenvalue weighted by Crippen LogP contribution is -2.55. The first-order chi connectivity index (χ1) is 23.0. The van der Waals surface area contributed by atoms with E-state index in [-0.39, 0.29) is 36.3 Å². The monoisotopic (exact) mass is 670 g/mol. The third-order valence-electron chi connectivity index (χ3n) is 9.22. The number of alkyl carbamates (subject to hydrolysis) is 1. The molecule has 4 atom stereocenters. The molecule has 2 aromatic carbocycles. The van der Waals surface area contributed by atoms with Crippen LogP contribution in [-0.4, -0.2) is 54.3 Å². The van der Waals surface area contributed by atoms with Gasteiger partial charge in [-0.2, -0.15) is 8.78 Å². The van der Waals surface area contributed by atoms with Crippen molar-refractivity contribution in [1.82, 2.24) is 21.3 Å². The second-order valence-electron chi connectivity index (χ2n) is 13.0. The highest BCUT2D eigenvalue weighted by molar-refractivity contribution is 6.38. The van der Waals surface area contributed by atoms with Crippen LogP contribution in [0.3, 0.4) is 0 Å². The number of halogens is 3. The Kier molecular flexibility index (Phi) is 11.4. The van der Waals surface area contributed by atoms with Crippen molar-refractivity contribution in [1.29, 1.82) is 0 Å². The number of hydrogen-bond donors (Lipinski definition) is 4. The highest BCUT2D eigenvalue weighted by Crippen LogP contribution is 2.43. The lowest BCUT2D eigenvalue weighted by Gasteiger charge is -2.30. The van der Waals surface area contributed by atoms with Gasteiger partial charge in [0.2, 0.25) is 17.6 Å². The Bertz CT molecular complexity index is 1480. The first kappa shape index (κ1) is 34.9. The minimum absolute atomic E-state index is 0.0152. The van der Waals surface area contributed by atoms with Crippen LogP contribution >= 0.6 is 0 Å². The Morgan fingerprint density at radius 2 is 1.60 bits per heavy atom. The Morgan fingerprint density at radius 3 is 2.25 bits per heavy atom. The van der Waals surface area contributed by atoms with Crippen LogP contribution in [0.1, 0.15) is 81.4 Å². The molecule has 0 bridgehead atoms. The van der Waals surface area contributed by atoms with E-state index < -0.39 is 65.1 Å². The molecule has 2 saturated carbocycles. The molecule has 3 fully saturated rings. The van der Waals surface area contributed by atoms with E-state index in [1.165, 1.54) is 24.3 Å². The second-order valence-corrected chi connectivity index (χ2v) is 13.0. The molecule has 48 heavy (non-hydrogen) atoms. The zero-order valence-corrected chi connectivity index (χ0v) is 26.5. The van der Waals surface area contributed by atoms with Crippen LogP contribution in [0, 0.1) is 17.7 Å². The van der Waals surface area contributed by atoms with E-state index in [4.69, 9.17) is 4.74 Å². The van der Waals surface area contributed by atoms with E-state index in [1.54, 1.807) is 6.07 Å². The minimum Gasteiger partial charge on any atom is -0.434 e. The third kappa shape index (κ3) is 9.13. The molecule has 0 unspecified atom stereocenters. The van der Waals surface area contributed by atoms with E-state index >= 15 is 8.78 Å². The van der Waals surface area contributed by atoms with Crippen LogP contribution in [-0.2, 0) is 29.8 Å². The number of benzene rings is 2. The third-order valence-corrected chi connectivity index (χ3v) is 9.22. The van der Waals surface area contributed by atoms with E-state index in [2.05, 4.69) is 21.3 Å². The van der Waals surface area contributed by atoms with Gasteiger partial charge in [-0.1, -0.05) is 74.6 Å². The van der Waals surface area contributed by atoms with Gasteiger partial charge in [-0.05, 0) is 55.7 Å². The fraction of sp³-hybridized carbons (Fsp3) is 0.514. The molecule has 1 aliphatic heterocycles. The lowest BCUT2D eigenvalue weighted by molar-refractivity contribution is -0.141. The van der Waals surface area contributed by atoms with E-state index in [1.807, 2.05) is 0 Å². The van der Waals surface area contributed by atoms with Crippen molar-refractivity contribution >= 4 is 29.6 Å². The van der Waals surface area contributed by atoms with Gasteiger partial charge in [0.1, 0.15) is 11.9 Å². The minimum atomic E-state index is -3.86. The molecule has 4 N–H and O–H groups in total. The number of Topliss-reactive ketones (excluding diaryl/α,β-unsaturated/α-hetero) is 1. The summed E-state index contributed by atoms with van der Waals surface area (Å²) in [5.74, 6) is -8.23. The van der Waals surface area contributed by atoms with Crippen LogP contribution in [0.2, 0.25) is 0 Å². The Morgan fingerprint density at radius 1 is 0.875 bits per heavy atom. The average Bonchev–Trinajstić information content (AvgIpc) is 3.81. The summed E-state index contributed by atoms with van der Waals surface area (Å²) in [6, 6.07) is 8.34. The maximum absolute atomic E-state index is 15.9. The summed E-state index contributed by atoms with van der Waals surface area (Å²) in [7, 11) is 0.